The van der Waals surface area contributed by atoms with Crippen molar-refractivity contribution in [3.8, 4) is 17.1 Å². The molecule has 0 spiro atoms. The van der Waals surface area contributed by atoms with Crippen molar-refractivity contribution in [2.75, 3.05) is 5.75 Å². The Labute approximate surface area is 186 Å². The summed E-state index contributed by atoms with van der Waals surface area (Å²) in [7, 11) is 0. The normalized spacial score (nSPS) is 11.7. The number of benzene rings is 2. The number of nitrogens with zero attached hydrogens (tertiary/aromatic N) is 3. The van der Waals surface area contributed by atoms with Crippen molar-refractivity contribution in [1.82, 2.24) is 15.6 Å². The third-order valence-corrected chi connectivity index (χ3v) is 5.68. The van der Waals surface area contributed by atoms with E-state index in [9.17, 15) is 9.90 Å². The molecule has 0 saturated heterocycles. The number of thioether (sulfide) groups is 1. The summed E-state index contributed by atoms with van der Waals surface area (Å²) >= 11 is 1.35. The quantitative estimate of drug-likeness (QED) is 0.227. The number of hydrogen-bond acceptors (Lipinski definition) is 5. The van der Waals surface area contributed by atoms with Crippen LogP contribution in [0.3, 0.4) is 0 Å². The van der Waals surface area contributed by atoms with Gasteiger partial charge >= 0.3 is 5.16 Å². The zero-order valence-electron chi connectivity index (χ0n) is 18.2. The molecule has 0 atom stereocenters. The molecule has 3 aromatic rings. The summed E-state index contributed by atoms with van der Waals surface area (Å²) in [4.78, 5) is 12.1. The first-order chi connectivity index (χ1) is 14.8. The van der Waals surface area contributed by atoms with Crippen LogP contribution in [0.25, 0.3) is 11.4 Å². The van der Waals surface area contributed by atoms with Gasteiger partial charge in [-0.3, -0.25) is 4.79 Å². The number of carbonyl (C=O) groups excluding carboxylic acids is 1. The van der Waals surface area contributed by atoms with Crippen molar-refractivity contribution in [2.45, 2.75) is 44.8 Å². The first-order valence-corrected chi connectivity index (χ1v) is 11.1. The number of aromatic nitrogens is 3. The second kappa shape index (κ2) is 9.78. The molecule has 1 amide bonds. The Balaban J connectivity index is 1.62. The summed E-state index contributed by atoms with van der Waals surface area (Å²) in [5.41, 5.74) is 5.63. The van der Waals surface area contributed by atoms with Gasteiger partial charge in [0.1, 0.15) is 5.75 Å². The highest BCUT2D eigenvalue weighted by molar-refractivity contribution is 7.99. The predicted octanol–water partition coefficient (Wildman–Crippen LogP) is 3.63. The van der Waals surface area contributed by atoms with Gasteiger partial charge in [0.2, 0.25) is 0 Å². The number of phenolic OH excluding ortho intramolecular Hbond substituents is 1. The fraction of sp³-hybridized carbons (Fsp3) is 0.304. The lowest BCUT2D eigenvalue weighted by molar-refractivity contribution is -0.719. The molecule has 162 valence electrons. The number of aromatic hydroxyl groups is 1. The highest BCUT2D eigenvalue weighted by Crippen LogP contribution is 2.25. The molecule has 0 bridgehead atoms. The van der Waals surface area contributed by atoms with Crippen LogP contribution in [0.5, 0.6) is 5.75 Å². The van der Waals surface area contributed by atoms with Gasteiger partial charge in [-0.25, -0.2) is 9.99 Å². The fourth-order valence-corrected chi connectivity index (χ4v) is 3.83. The molecule has 8 heteroatoms. The van der Waals surface area contributed by atoms with Crippen molar-refractivity contribution in [2.24, 2.45) is 5.10 Å². The second-order valence-corrected chi connectivity index (χ2v) is 9.05. The Bertz CT molecular complexity index is 1070. The van der Waals surface area contributed by atoms with Crippen LogP contribution in [0.1, 0.15) is 38.8 Å². The average molecular weight is 439 g/mol. The van der Waals surface area contributed by atoms with Crippen molar-refractivity contribution < 1.29 is 14.5 Å². The molecule has 0 aliphatic heterocycles. The van der Waals surface area contributed by atoms with Crippen LogP contribution in [0, 0.1) is 0 Å². The number of H-pyrrole nitrogens is 1. The van der Waals surface area contributed by atoms with Crippen LogP contribution < -0.4 is 9.99 Å². The molecule has 31 heavy (non-hydrogen) atoms. The number of hydrogen-bond donors (Lipinski definition) is 3. The molecular formula is C23H28N5O2S+. The van der Waals surface area contributed by atoms with E-state index in [2.05, 4.69) is 70.3 Å². The largest absolute Gasteiger partial charge is 0.508 e. The number of hydrazone groups is 1. The van der Waals surface area contributed by atoms with Gasteiger partial charge in [-0.1, -0.05) is 45.0 Å². The zero-order chi connectivity index (χ0) is 22.4. The predicted molar refractivity (Wildman–Crippen MR) is 123 cm³/mol. The number of carbonyl (C=O) groups is 1. The van der Waals surface area contributed by atoms with Gasteiger partial charge in [0.05, 0.1) is 29.2 Å². The van der Waals surface area contributed by atoms with Crippen LogP contribution in [0.2, 0.25) is 0 Å². The lowest BCUT2D eigenvalue weighted by Crippen LogP contribution is -2.36. The SMILES string of the molecule is CC[n+]1c(SCC(=O)NN=Cc2cccc(O)c2)n[nH]c1-c1ccc(C(C)(C)C)cc1. The fourth-order valence-electron chi connectivity index (χ4n) is 3.02. The van der Waals surface area contributed by atoms with Gasteiger partial charge in [-0.15, -0.1) is 5.10 Å². The van der Waals surface area contributed by atoms with Crippen molar-refractivity contribution in [3.63, 3.8) is 0 Å². The second-order valence-electron chi connectivity index (χ2n) is 8.10. The van der Waals surface area contributed by atoms with Crippen LogP contribution in [-0.2, 0) is 16.8 Å². The minimum Gasteiger partial charge on any atom is -0.508 e. The smallest absolute Gasteiger partial charge is 0.337 e. The standard InChI is InChI=1S/C23H27N5O2S/c1-5-28-21(17-9-11-18(12-10-17)23(2,3)4)26-27-22(28)31-15-20(30)25-24-14-16-7-6-8-19(29)13-16/h6-14H,5,15H2,1-4H3,(H2,25,29,30)/p+1. The monoisotopic (exact) mass is 438 g/mol. The molecule has 1 aromatic heterocycles. The summed E-state index contributed by atoms with van der Waals surface area (Å²) in [6.07, 6.45) is 1.49. The molecule has 3 N–H and O–H groups in total. The Morgan fingerprint density at radius 1 is 1.26 bits per heavy atom. The van der Waals surface area contributed by atoms with E-state index in [1.807, 2.05) is 6.92 Å². The molecule has 0 saturated carbocycles. The summed E-state index contributed by atoms with van der Waals surface area (Å²) in [5, 5.41) is 21.6. The van der Waals surface area contributed by atoms with Crippen molar-refractivity contribution in [3.05, 3.63) is 59.7 Å². The molecule has 1 heterocycles. The van der Waals surface area contributed by atoms with Crippen LogP contribution in [0.4, 0.5) is 0 Å². The van der Waals surface area contributed by atoms with E-state index < -0.39 is 0 Å². The molecule has 2 aromatic carbocycles. The lowest BCUT2D eigenvalue weighted by atomic mass is 9.87. The Morgan fingerprint density at radius 3 is 2.65 bits per heavy atom. The average Bonchev–Trinajstić information content (AvgIpc) is 3.15. The van der Waals surface area contributed by atoms with Crippen LogP contribution in [0.15, 0.2) is 58.8 Å². The minimum absolute atomic E-state index is 0.102. The highest BCUT2D eigenvalue weighted by atomic mass is 32.2. The summed E-state index contributed by atoms with van der Waals surface area (Å²) in [6.45, 7) is 9.35. The lowest BCUT2D eigenvalue weighted by Gasteiger charge is -2.18. The number of phenols is 1. The van der Waals surface area contributed by atoms with E-state index in [1.165, 1.54) is 23.5 Å². The van der Waals surface area contributed by atoms with E-state index in [0.29, 0.717) is 5.56 Å². The van der Waals surface area contributed by atoms with Gasteiger partial charge in [0.25, 0.3) is 11.7 Å². The maximum absolute atomic E-state index is 12.1. The zero-order valence-corrected chi connectivity index (χ0v) is 19.0. The van der Waals surface area contributed by atoms with Crippen LogP contribution >= 0.6 is 11.8 Å². The van der Waals surface area contributed by atoms with E-state index in [1.54, 1.807) is 24.3 Å². The summed E-state index contributed by atoms with van der Waals surface area (Å²) in [6, 6.07) is 15.1. The molecule has 0 unspecified atom stereocenters. The molecular weight excluding hydrogens is 410 g/mol. The maximum Gasteiger partial charge on any atom is 0.337 e. The van der Waals surface area contributed by atoms with Gasteiger partial charge in [-0.05, 0) is 59.5 Å². The molecule has 0 aliphatic carbocycles. The highest BCUT2D eigenvalue weighted by Gasteiger charge is 2.22. The Morgan fingerprint density at radius 2 is 2.00 bits per heavy atom. The third-order valence-electron chi connectivity index (χ3n) is 4.70. The molecule has 0 aliphatic rings. The molecule has 0 fully saturated rings. The van der Waals surface area contributed by atoms with Crippen molar-refractivity contribution in [1.29, 1.82) is 0 Å². The first kappa shape index (κ1) is 22.6. The summed E-state index contributed by atoms with van der Waals surface area (Å²) < 4.78 is 2.06. The Hall–Kier alpha value is -3.13. The molecule has 7 nitrogen and oxygen atoms in total. The van der Waals surface area contributed by atoms with Gasteiger partial charge in [-0.2, -0.15) is 5.10 Å². The molecule has 3 rings (SSSR count). The third kappa shape index (κ3) is 5.95. The molecule has 0 radical (unpaired) electrons. The maximum atomic E-state index is 12.1. The van der Waals surface area contributed by atoms with E-state index in [-0.39, 0.29) is 22.8 Å². The van der Waals surface area contributed by atoms with Gasteiger partial charge < -0.3 is 5.11 Å². The topological polar surface area (TPSA) is 94.2 Å². The van der Waals surface area contributed by atoms with E-state index in [4.69, 9.17) is 0 Å². The first-order valence-electron chi connectivity index (χ1n) is 10.1. The number of aromatic amines is 1. The number of rotatable bonds is 7. The minimum atomic E-state index is -0.233. The Kier molecular flexibility index (Phi) is 7.12. The number of amides is 1. The van der Waals surface area contributed by atoms with E-state index >= 15 is 0 Å². The van der Waals surface area contributed by atoms with Crippen LogP contribution in [-0.4, -0.2) is 33.2 Å². The van der Waals surface area contributed by atoms with E-state index in [0.717, 1.165) is 23.1 Å². The number of nitrogens with one attached hydrogen (secondary N) is 2. The van der Waals surface area contributed by atoms with Gasteiger partial charge in [0, 0.05) is 0 Å². The summed E-state index contributed by atoms with van der Waals surface area (Å²) in [5.74, 6) is 1.01. The van der Waals surface area contributed by atoms with Crippen molar-refractivity contribution >= 4 is 23.9 Å². The van der Waals surface area contributed by atoms with Gasteiger partial charge in [0.15, 0.2) is 0 Å².